The summed E-state index contributed by atoms with van der Waals surface area (Å²) >= 11 is 24.8. The number of hydrogen-bond donors (Lipinski definition) is 0. The van der Waals surface area contributed by atoms with Crippen LogP contribution in [0.15, 0.2) is 80.3 Å². The van der Waals surface area contributed by atoms with Crippen molar-refractivity contribution < 1.29 is 19.1 Å². The van der Waals surface area contributed by atoms with Crippen molar-refractivity contribution in [3.63, 3.8) is 0 Å². The van der Waals surface area contributed by atoms with Gasteiger partial charge in [-0.2, -0.15) is 0 Å². The van der Waals surface area contributed by atoms with Gasteiger partial charge in [0.1, 0.15) is 0 Å². The summed E-state index contributed by atoms with van der Waals surface area (Å²) in [6.45, 7) is 0. The molecule has 0 radical (unpaired) electrons. The molecule has 35 heavy (non-hydrogen) atoms. The molecule has 0 spiro atoms. The first-order valence-electron chi connectivity index (χ1n) is 9.82. The molecule has 0 fully saturated rings. The minimum absolute atomic E-state index is 0.00465. The highest BCUT2D eigenvalue weighted by Crippen LogP contribution is 2.36. The molecule has 0 N–H and O–H groups in total. The Kier molecular flexibility index (Phi) is 8.14. The Morgan fingerprint density at radius 2 is 1.69 bits per heavy atom. The third-order valence-corrected chi connectivity index (χ3v) is 6.44. The van der Waals surface area contributed by atoms with E-state index in [1.54, 1.807) is 54.6 Å². The number of hydrogen-bond acceptors (Lipinski definition) is 5. The molecule has 1 heterocycles. The van der Waals surface area contributed by atoms with Crippen molar-refractivity contribution in [2.45, 2.75) is 0 Å². The summed E-state index contributed by atoms with van der Waals surface area (Å²) in [6, 6.07) is 15.1. The third-order valence-electron chi connectivity index (χ3n) is 4.60. The van der Waals surface area contributed by atoms with Crippen molar-refractivity contribution >= 4 is 96.7 Å². The largest absolute Gasteiger partial charge is 0.422 e. The zero-order valence-corrected chi connectivity index (χ0v) is 22.8. The van der Waals surface area contributed by atoms with Gasteiger partial charge in [-0.3, -0.25) is 0 Å². The average Bonchev–Trinajstić information content (AvgIpc) is 3.15. The summed E-state index contributed by atoms with van der Waals surface area (Å²) in [4.78, 5) is 29.3. The molecule has 176 valence electrons. The van der Waals surface area contributed by atoms with Gasteiger partial charge in [-0.25, -0.2) is 14.6 Å². The number of esters is 2. The van der Waals surface area contributed by atoms with E-state index in [9.17, 15) is 9.59 Å². The van der Waals surface area contributed by atoms with Gasteiger partial charge in [-0.05, 0) is 76.1 Å². The van der Waals surface area contributed by atoms with Crippen LogP contribution in [-0.2, 0) is 14.3 Å². The third kappa shape index (κ3) is 6.42. The SMILES string of the molecule is O=C(/C=C/c1ccc(Cl)cc1)Oc1c(Br)cc(Br)cc1/C=C1\N=C(c2ccc(Cl)cc2Cl)OC1=O. The monoisotopic (exact) mass is 653 g/mol. The second kappa shape index (κ2) is 11.1. The summed E-state index contributed by atoms with van der Waals surface area (Å²) in [5.41, 5.74) is 1.62. The normalized spacial score (nSPS) is 14.4. The number of rotatable bonds is 5. The number of halogens is 5. The molecule has 1 aliphatic heterocycles. The number of benzene rings is 3. The Bertz CT molecular complexity index is 1430. The maximum absolute atomic E-state index is 12.5. The topological polar surface area (TPSA) is 65.0 Å². The molecule has 4 rings (SSSR count). The molecule has 0 saturated carbocycles. The fraction of sp³-hybridized carbons (Fsp3) is 0. The molecule has 3 aromatic rings. The van der Waals surface area contributed by atoms with Crippen molar-refractivity contribution in [3.05, 3.63) is 107 Å². The quantitative estimate of drug-likeness (QED) is 0.158. The van der Waals surface area contributed by atoms with Crippen LogP contribution in [-0.4, -0.2) is 17.8 Å². The standard InChI is InChI=1S/C25H12Br2Cl3NO4/c26-15-9-14(10-21-25(33)35-24(31-21)18-7-6-17(29)12-20(18)30)23(19(27)11-15)34-22(32)8-3-13-1-4-16(28)5-2-13/h1-12H/b8-3+,21-10-. The van der Waals surface area contributed by atoms with E-state index < -0.39 is 11.9 Å². The number of carbonyl (C=O) groups excluding carboxylic acids is 2. The molecular formula is C25H12Br2Cl3NO4. The summed E-state index contributed by atoms with van der Waals surface area (Å²) in [5, 5.41) is 1.32. The van der Waals surface area contributed by atoms with Crippen LogP contribution >= 0.6 is 66.7 Å². The van der Waals surface area contributed by atoms with E-state index in [-0.39, 0.29) is 22.4 Å². The minimum atomic E-state index is -0.679. The Balaban J connectivity index is 1.63. The first-order chi connectivity index (χ1) is 16.7. The van der Waals surface area contributed by atoms with Gasteiger partial charge in [0.05, 0.1) is 15.1 Å². The summed E-state index contributed by atoms with van der Waals surface area (Å²) < 4.78 is 12.0. The Labute approximate surface area is 232 Å². The summed E-state index contributed by atoms with van der Waals surface area (Å²) in [6.07, 6.45) is 4.35. The molecule has 0 bridgehead atoms. The predicted octanol–water partition coefficient (Wildman–Crippen LogP) is 8.14. The molecule has 1 aliphatic rings. The van der Waals surface area contributed by atoms with E-state index in [0.29, 0.717) is 30.1 Å². The molecule has 3 aromatic carbocycles. The van der Waals surface area contributed by atoms with E-state index in [1.165, 1.54) is 18.2 Å². The van der Waals surface area contributed by atoms with Gasteiger partial charge >= 0.3 is 11.9 Å². The van der Waals surface area contributed by atoms with Gasteiger partial charge in [-0.15, -0.1) is 0 Å². The van der Waals surface area contributed by atoms with E-state index in [0.717, 1.165) is 5.56 Å². The zero-order valence-electron chi connectivity index (χ0n) is 17.4. The Morgan fingerprint density at radius 3 is 2.40 bits per heavy atom. The van der Waals surface area contributed by atoms with Crippen molar-refractivity contribution in [2.75, 3.05) is 0 Å². The molecular weight excluding hydrogens is 644 g/mol. The molecule has 0 aromatic heterocycles. The van der Waals surface area contributed by atoms with Crippen LogP contribution in [0.5, 0.6) is 5.75 Å². The second-order valence-electron chi connectivity index (χ2n) is 7.07. The maximum atomic E-state index is 12.5. The van der Waals surface area contributed by atoms with Crippen LogP contribution in [0.4, 0.5) is 0 Å². The lowest BCUT2D eigenvalue weighted by molar-refractivity contribution is -0.130. The maximum Gasteiger partial charge on any atom is 0.363 e. The predicted molar refractivity (Wildman–Crippen MR) is 145 cm³/mol. The molecule has 0 amide bonds. The lowest BCUT2D eigenvalue weighted by Gasteiger charge is -2.09. The lowest BCUT2D eigenvalue weighted by Crippen LogP contribution is -2.07. The van der Waals surface area contributed by atoms with Crippen molar-refractivity contribution in [2.24, 2.45) is 4.99 Å². The van der Waals surface area contributed by atoms with E-state index in [4.69, 9.17) is 44.3 Å². The van der Waals surface area contributed by atoms with E-state index in [2.05, 4.69) is 36.9 Å². The number of carbonyl (C=O) groups is 2. The van der Waals surface area contributed by atoms with Crippen LogP contribution in [0, 0.1) is 0 Å². The van der Waals surface area contributed by atoms with Crippen molar-refractivity contribution in [1.82, 2.24) is 0 Å². The first-order valence-corrected chi connectivity index (χ1v) is 12.5. The molecule has 0 unspecified atom stereocenters. The van der Waals surface area contributed by atoms with Gasteiger partial charge in [0, 0.05) is 26.2 Å². The van der Waals surface area contributed by atoms with Crippen molar-refractivity contribution in [1.29, 1.82) is 0 Å². The van der Waals surface area contributed by atoms with Gasteiger partial charge in [0.2, 0.25) is 5.90 Å². The number of ether oxygens (including phenoxy) is 2. The van der Waals surface area contributed by atoms with Gasteiger partial charge < -0.3 is 9.47 Å². The van der Waals surface area contributed by atoms with Gasteiger partial charge in [0.15, 0.2) is 11.4 Å². The smallest absolute Gasteiger partial charge is 0.363 e. The highest BCUT2D eigenvalue weighted by atomic mass is 79.9. The fourth-order valence-corrected chi connectivity index (χ4v) is 4.96. The average molecular weight is 657 g/mol. The number of cyclic esters (lactones) is 1. The first kappa shape index (κ1) is 25.7. The zero-order chi connectivity index (χ0) is 25.1. The van der Waals surface area contributed by atoms with Crippen LogP contribution in [0.3, 0.4) is 0 Å². The van der Waals surface area contributed by atoms with Crippen LogP contribution in [0.2, 0.25) is 15.1 Å². The molecule has 10 heteroatoms. The van der Waals surface area contributed by atoms with Crippen molar-refractivity contribution in [3.8, 4) is 5.75 Å². The molecule has 0 atom stereocenters. The number of aliphatic imine (C=N–C) groups is 1. The number of nitrogens with zero attached hydrogens (tertiary/aromatic N) is 1. The van der Waals surface area contributed by atoms with Crippen LogP contribution < -0.4 is 4.74 Å². The summed E-state index contributed by atoms with van der Waals surface area (Å²) in [5.74, 6) is -1.05. The lowest BCUT2D eigenvalue weighted by atomic mass is 10.1. The Morgan fingerprint density at radius 1 is 0.971 bits per heavy atom. The fourth-order valence-electron chi connectivity index (χ4n) is 3.00. The van der Waals surface area contributed by atoms with E-state index >= 15 is 0 Å². The second-order valence-corrected chi connectivity index (χ2v) is 10.1. The summed E-state index contributed by atoms with van der Waals surface area (Å²) in [7, 11) is 0. The highest BCUT2D eigenvalue weighted by Gasteiger charge is 2.26. The molecule has 0 aliphatic carbocycles. The van der Waals surface area contributed by atoms with Crippen LogP contribution in [0.25, 0.3) is 12.2 Å². The molecule has 0 saturated heterocycles. The van der Waals surface area contributed by atoms with Gasteiger partial charge in [0.25, 0.3) is 0 Å². The van der Waals surface area contributed by atoms with E-state index in [1.807, 2.05) is 0 Å². The van der Waals surface area contributed by atoms with Crippen LogP contribution in [0.1, 0.15) is 16.7 Å². The molecule has 5 nitrogen and oxygen atoms in total. The van der Waals surface area contributed by atoms with Gasteiger partial charge in [-0.1, -0.05) is 62.9 Å². The Hall–Kier alpha value is -2.42. The minimum Gasteiger partial charge on any atom is -0.422 e. The highest BCUT2D eigenvalue weighted by molar-refractivity contribution is 9.11.